The summed E-state index contributed by atoms with van der Waals surface area (Å²) in [6.45, 7) is 18.4. The van der Waals surface area contributed by atoms with Crippen LogP contribution in [0.1, 0.15) is 77.0 Å². The maximum absolute atomic E-state index is 13.0. The molecule has 0 atom stereocenters. The molecule has 2 heterocycles. The van der Waals surface area contributed by atoms with Gasteiger partial charge in [-0.25, -0.2) is 9.64 Å². The van der Waals surface area contributed by atoms with Crippen LogP contribution >= 0.6 is 0 Å². The largest absolute Gasteiger partial charge is 0.496 e. The number of unbranched alkanes of at least 4 members (excludes halogenated alkanes) is 3. The molecule has 314 valence electrons. The van der Waals surface area contributed by atoms with Crippen molar-refractivity contribution in [3.63, 3.8) is 0 Å². The van der Waals surface area contributed by atoms with E-state index < -0.39 is 40.8 Å². The average Bonchev–Trinajstić information content (AvgIpc) is 3.23. The van der Waals surface area contributed by atoms with Crippen LogP contribution in [0, 0.1) is 34.1 Å². The first-order chi connectivity index (χ1) is 27.7. The van der Waals surface area contributed by atoms with Gasteiger partial charge in [-0.05, 0) is 47.9 Å². The van der Waals surface area contributed by atoms with Crippen LogP contribution in [0.5, 0.6) is 17.2 Å². The minimum Gasteiger partial charge on any atom is -0.496 e. The third-order valence-corrected chi connectivity index (χ3v) is 9.80. The van der Waals surface area contributed by atoms with Crippen molar-refractivity contribution >= 4 is 24.1 Å². The van der Waals surface area contributed by atoms with E-state index in [2.05, 4.69) is 11.8 Å². The normalized spacial score (nSPS) is 20.1. The van der Waals surface area contributed by atoms with Gasteiger partial charge in [0.15, 0.2) is 24.1 Å². The van der Waals surface area contributed by atoms with Crippen molar-refractivity contribution in [1.82, 2.24) is 0 Å². The molecule has 1 spiro atoms. The Labute approximate surface area is 341 Å². The van der Waals surface area contributed by atoms with E-state index in [0.717, 1.165) is 25.7 Å². The van der Waals surface area contributed by atoms with Gasteiger partial charge in [-0.1, -0.05) is 72.1 Å². The van der Waals surface area contributed by atoms with Crippen LogP contribution in [0.2, 0.25) is 0 Å². The van der Waals surface area contributed by atoms with Gasteiger partial charge in [0.05, 0.1) is 65.8 Å². The van der Waals surface area contributed by atoms with Gasteiger partial charge in [0.25, 0.3) is 5.70 Å². The zero-order chi connectivity index (χ0) is 42.3. The van der Waals surface area contributed by atoms with Crippen LogP contribution in [0.3, 0.4) is 0 Å². The van der Waals surface area contributed by atoms with Gasteiger partial charge < -0.3 is 47.7 Å². The number of rotatable bonds is 19. The highest BCUT2D eigenvalue weighted by Gasteiger charge is 2.48. The molecule has 0 aromatic heterocycles. The number of benzene rings is 2. The van der Waals surface area contributed by atoms with Crippen molar-refractivity contribution < 1.29 is 57.3 Å². The molecule has 0 saturated carbocycles. The third-order valence-electron chi connectivity index (χ3n) is 9.80. The van der Waals surface area contributed by atoms with Crippen LogP contribution < -0.4 is 14.2 Å². The highest BCUT2D eigenvalue weighted by atomic mass is 16.7. The van der Waals surface area contributed by atoms with Crippen molar-refractivity contribution in [2.75, 3.05) is 60.5 Å². The van der Waals surface area contributed by atoms with Gasteiger partial charge >= 0.3 is 11.9 Å². The summed E-state index contributed by atoms with van der Waals surface area (Å²) >= 11 is 0. The van der Waals surface area contributed by atoms with Crippen LogP contribution in [0.4, 0.5) is 0 Å². The summed E-state index contributed by atoms with van der Waals surface area (Å²) in [7, 11) is 3.01. The lowest BCUT2D eigenvalue weighted by molar-refractivity contribution is -0.337. The fraction of sp³-hybridized carbons (Fsp3) is 0.545. The number of carbonyl (C=O) groups excluding carboxylic acids is 2. The average molecular weight is 805 g/mol. The highest BCUT2D eigenvalue weighted by molar-refractivity contribution is 5.98. The van der Waals surface area contributed by atoms with Crippen molar-refractivity contribution in [2.45, 2.75) is 79.5 Å². The molecule has 2 saturated heterocycles. The Bertz CT molecular complexity index is 1850. The summed E-state index contributed by atoms with van der Waals surface area (Å²) in [5, 5.41) is 19.1. The highest BCUT2D eigenvalue weighted by Crippen LogP contribution is 2.39. The number of aliphatic hydroxyl groups is 1. The third kappa shape index (κ3) is 12.3. The molecule has 0 unspecified atom stereocenters. The van der Waals surface area contributed by atoms with Crippen LogP contribution in [-0.4, -0.2) is 90.1 Å². The molecular weight excluding hydrogens is 748 g/mol. The molecule has 2 aliphatic rings. The van der Waals surface area contributed by atoms with Crippen molar-refractivity contribution in [3.05, 3.63) is 75.8 Å². The van der Waals surface area contributed by atoms with Crippen molar-refractivity contribution in [2.24, 2.45) is 16.2 Å². The van der Waals surface area contributed by atoms with E-state index >= 15 is 0 Å². The molecule has 14 nitrogen and oxygen atoms in total. The van der Waals surface area contributed by atoms with Gasteiger partial charge in [-0.2, -0.15) is 5.26 Å². The summed E-state index contributed by atoms with van der Waals surface area (Å²) in [6.07, 6.45) is 5.75. The Morgan fingerprint density at radius 3 is 1.93 bits per heavy atom. The molecular formula is C44H56N2O12. The number of hydrogen-bond acceptors (Lipinski definition) is 13. The van der Waals surface area contributed by atoms with E-state index in [0.29, 0.717) is 40.5 Å². The van der Waals surface area contributed by atoms with E-state index in [1.165, 1.54) is 19.3 Å². The van der Waals surface area contributed by atoms with Crippen LogP contribution in [0.25, 0.3) is 17.0 Å². The van der Waals surface area contributed by atoms with Gasteiger partial charge in [0, 0.05) is 16.4 Å². The Kier molecular flexibility index (Phi) is 16.7. The molecule has 0 amide bonds. The number of hydrogen-bond donors (Lipinski definition) is 1. The monoisotopic (exact) mass is 804 g/mol. The number of carbonyl (C=O) groups is 2. The van der Waals surface area contributed by atoms with E-state index in [1.807, 2.05) is 33.8 Å². The zero-order valence-electron chi connectivity index (χ0n) is 34.6. The smallest absolute Gasteiger partial charge is 0.348 e. The second kappa shape index (κ2) is 21.2. The predicted octanol–water partition coefficient (Wildman–Crippen LogP) is 6.89. The fourth-order valence-electron chi connectivity index (χ4n) is 6.23. The molecule has 0 radical (unpaired) electrons. The number of methoxy groups -OCH3 is 2. The van der Waals surface area contributed by atoms with E-state index in [1.54, 1.807) is 43.5 Å². The molecule has 2 aromatic carbocycles. The maximum atomic E-state index is 13.0. The van der Waals surface area contributed by atoms with Gasteiger partial charge in [-0.3, -0.25) is 4.79 Å². The first-order valence-corrected chi connectivity index (χ1v) is 19.3. The minimum atomic E-state index is -0.799. The van der Waals surface area contributed by atoms with E-state index in [-0.39, 0.29) is 57.5 Å². The lowest BCUT2D eigenvalue weighted by Crippen LogP contribution is -2.57. The Hall–Kier alpha value is -4.96. The molecule has 14 heteroatoms. The lowest BCUT2D eigenvalue weighted by Gasteiger charge is -2.48. The molecule has 1 N–H and O–H groups in total. The molecule has 4 rings (SSSR count). The van der Waals surface area contributed by atoms with Crippen molar-refractivity contribution in [1.29, 1.82) is 5.26 Å². The number of nitrogens with zero attached hydrogens (tertiary/aromatic N) is 2. The summed E-state index contributed by atoms with van der Waals surface area (Å²) in [4.78, 5) is 29.3. The first-order valence-electron chi connectivity index (χ1n) is 19.3. The fourth-order valence-corrected chi connectivity index (χ4v) is 6.23. The Morgan fingerprint density at radius 1 is 0.845 bits per heavy atom. The summed E-state index contributed by atoms with van der Waals surface area (Å²) in [5.41, 5.74) is -0.813. The summed E-state index contributed by atoms with van der Waals surface area (Å²) in [6, 6.07) is 12.1. The zero-order valence-corrected chi connectivity index (χ0v) is 34.6. The summed E-state index contributed by atoms with van der Waals surface area (Å²) < 4.78 is 52.3. The molecule has 58 heavy (non-hydrogen) atoms. The quantitative estimate of drug-likeness (QED) is 0.0513. The predicted molar refractivity (Wildman–Crippen MR) is 213 cm³/mol. The number of ether oxygens (including phenoxy) is 9. The van der Waals surface area contributed by atoms with Crippen LogP contribution in [0.15, 0.2) is 47.7 Å². The second-order valence-corrected chi connectivity index (χ2v) is 15.9. The van der Waals surface area contributed by atoms with E-state index in [4.69, 9.17) is 49.2 Å². The molecule has 2 fully saturated rings. The second-order valence-electron chi connectivity index (χ2n) is 15.9. The first kappa shape index (κ1) is 45.7. The molecule has 2 aromatic rings. The van der Waals surface area contributed by atoms with Gasteiger partial charge in [0.1, 0.15) is 30.6 Å². The van der Waals surface area contributed by atoms with Crippen molar-refractivity contribution in [3.8, 4) is 23.3 Å². The minimum absolute atomic E-state index is 0.0701. The Balaban J connectivity index is 1.25. The van der Waals surface area contributed by atoms with Gasteiger partial charge in [-0.15, -0.1) is 0 Å². The van der Waals surface area contributed by atoms with Crippen LogP contribution in [-0.2, 0) is 44.6 Å². The number of nitriles is 1. The molecule has 2 aliphatic heterocycles. The molecule has 0 bridgehead atoms. The topological polar surface area (TPSA) is 166 Å². The van der Waals surface area contributed by atoms with Gasteiger partial charge in [0.2, 0.25) is 0 Å². The number of esters is 2. The Morgan fingerprint density at radius 2 is 1.40 bits per heavy atom. The SMILES string of the molecule is [C-]#[N+]/C(=C/c1ccc(OCCCCCC)c(OC)c1)C(=O)OCC(C)(C)C1OCC2(COC(C(C)(C)COC(=O)/C(C#N)=C\c3ccc(CO)c(OC)c3)OC2)CO1. The number of aliphatic hydroxyl groups excluding tert-OH is 1. The lowest BCUT2D eigenvalue weighted by atomic mass is 9.86. The maximum Gasteiger partial charge on any atom is 0.348 e. The summed E-state index contributed by atoms with van der Waals surface area (Å²) in [5.74, 6) is -0.0369. The van der Waals surface area contributed by atoms with E-state index in [9.17, 15) is 20.0 Å². The molecule has 0 aliphatic carbocycles. The standard InChI is InChI=1S/C44H56N2O12/c1-9-10-11-12-17-52-35-16-14-31(21-37(35)51-8)19-34(46-6)39(49)54-25-43(4,5)41-57-28-44(29-58-41)26-55-40(56-27-44)42(2,3)24-53-38(48)33(22-45)18-30-13-15-32(23-47)36(20-30)50-7/h13-16,18-21,40-41,47H,9-12,17,23-29H2,1-5,7-8H3/b33-18-,34-19+.